The summed E-state index contributed by atoms with van der Waals surface area (Å²) in [4.78, 5) is 0. The van der Waals surface area contributed by atoms with Crippen LogP contribution < -0.4 is 0 Å². The van der Waals surface area contributed by atoms with Gasteiger partial charge >= 0.3 is 0 Å². The van der Waals surface area contributed by atoms with Crippen LogP contribution in [0.2, 0.25) is 0 Å². The van der Waals surface area contributed by atoms with E-state index < -0.39 is 0 Å². The van der Waals surface area contributed by atoms with Crippen LogP contribution in [0.5, 0.6) is 0 Å². The first-order valence-electron chi connectivity index (χ1n) is 11.4. The van der Waals surface area contributed by atoms with E-state index in [1.54, 1.807) is 6.26 Å². The molecule has 162 valence electrons. The Labute approximate surface area is 169 Å². The summed E-state index contributed by atoms with van der Waals surface area (Å²) in [6.45, 7) is 9.32. The first-order chi connectivity index (χ1) is 13.3. The minimum absolute atomic E-state index is 0.0315. The molecule has 0 aliphatic carbocycles. The predicted octanol–water partition coefficient (Wildman–Crippen LogP) is 6.98. The zero-order chi connectivity index (χ0) is 19.8. The van der Waals surface area contributed by atoms with Crippen molar-refractivity contribution in [3.63, 3.8) is 0 Å². The van der Waals surface area contributed by atoms with Crippen molar-refractivity contribution in [3.05, 3.63) is 12.3 Å². The van der Waals surface area contributed by atoms with Gasteiger partial charge in [0.1, 0.15) is 0 Å². The molecule has 0 fully saturated rings. The normalized spacial score (nSPS) is 11.7. The average Bonchev–Trinajstić information content (AvgIpc) is 2.68. The molecule has 0 radical (unpaired) electrons. The standard InChI is InChI=1S/C23H46O4/c1-4-7-9-15-20-26-23(27-21-16-10-8-5-2)17-13-11-12-14-19-25-22-24-18-6-3/h14,19,23H,4-13,15-18,20-22H2,1-3H3. The largest absolute Gasteiger partial charge is 0.475 e. The topological polar surface area (TPSA) is 36.9 Å². The van der Waals surface area contributed by atoms with Gasteiger partial charge in [0, 0.05) is 13.2 Å². The van der Waals surface area contributed by atoms with E-state index >= 15 is 0 Å². The van der Waals surface area contributed by atoms with E-state index in [4.69, 9.17) is 18.9 Å². The van der Waals surface area contributed by atoms with Gasteiger partial charge in [-0.1, -0.05) is 59.3 Å². The van der Waals surface area contributed by atoms with Crippen LogP contribution in [0.15, 0.2) is 12.3 Å². The molecule has 0 N–H and O–H groups in total. The molecule has 0 atom stereocenters. The van der Waals surface area contributed by atoms with E-state index in [0.717, 1.165) is 64.8 Å². The fourth-order valence-corrected chi connectivity index (χ4v) is 2.70. The number of unbranched alkanes of at least 4 members (excludes halogenated alkanes) is 8. The summed E-state index contributed by atoms with van der Waals surface area (Å²) >= 11 is 0. The van der Waals surface area contributed by atoms with Gasteiger partial charge in [0.2, 0.25) is 0 Å². The van der Waals surface area contributed by atoms with Gasteiger partial charge in [-0.05, 0) is 51.0 Å². The molecular formula is C23H46O4. The summed E-state index contributed by atoms with van der Waals surface area (Å²) in [6.07, 6.45) is 19.0. The molecule has 4 heteroatoms. The quantitative estimate of drug-likeness (QED) is 0.114. The van der Waals surface area contributed by atoms with Crippen molar-refractivity contribution in [2.24, 2.45) is 0 Å². The van der Waals surface area contributed by atoms with Crippen molar-refractivity contribution < 1.29 is 18.9 Å². The van der Waals surface area contributed by atoms with Crippen molar-refractivity contribution in [1.29, 1.82) is 0 Å². The third kappa shape index (κ3) is 21.6. The number of hydrogen-bond acceptors (Lipinski definition) is 4. The van der Waals surface area contributed by atoms with E-state index in [2.05, 4.69) is 26.8 Å². The van der Waals surface area contributed by atoms with Crippen LogP contribution in [0.3, 0.4) is 0 Å². The van der Waals surface area contributed by atoms with Crippen LogP contribution in [0, 0.1) is 0 Å². The Hall–Kier alpha value is -0.580. The van der Waals surface area contributed by atoms with Crippen LogP contribution in [-0.2, 0) is 18.9 Å². The highest BCUT2D eigenvalue weighted by Gasteiger charge is 2.09. The second-order valence-electron chi connectivity index (χ2n) is 7.14. The maximum absolute atomic E-state index is 6.00. The zero-order valence-corrected chi connectivity index (χ0v) is 18.4. The smallest absolute Gasteiger partial charge is 0.188 e. The van der Waals surface area contributed by atoms with E-state index in [-0.39, 0.29) is 6.29 Å². The molecule has 0 rings (SSSR count). The average molecular weight is 387 g/mol. The van der Waals surface area contributed by atoms with E-state index in [0.29, 0.717) is 6.79 Å². The molecule has 0 heterocycles. The van der Waals surface area contributed by atoms with E-state index in [1.807, 2.05) is 0 Å². The third-order valence-electron chi connectivity index (χ3n) is 4.36. The van der Waals surface area contributed by atoms with Crippen molar-refractivity contribution >= 4 is 0 Å². The lowest BCUT2D eigenvalue weighted by Gasteiger charge is -2.18. The van der Waals surface area contributed by atoms with Crippen molar-refractivity contribution in [3.8, 4) is 0 Å². The zero-order valence-electron chi connectivity index (χ0n) is 18.4. The summed E-state index contributed by atoms with van der Waals surface area (Å²) in [5.41, 5.74) is 0. The van der Waals surface area contributed by atoms with Crippen LogP contribution in [0.25, 0.3) is 0 Å². The number of rotatable bonds is 22. The summed E-state index contributed by atoms with van der Waals surface area (Å²) in [5.74, 6) is 0. The summed E-state index contributed by atoms with van der Waals surface area (Å²) < 4.78 is 22.5. The highest BCUT2D eigenvalue weighted by molar-refractivity contribution is 4.72. The Morgan fingerprint density at radius 3 is 1.93 bits per heavy atom. The van der Waals surface area contributed by atoms with Crippen LogP contribution in [0.4, 0.5) is 0 Å². The first kappa shape index (κ1) is 26.4. The molecule has 0 amide bonds. The second-order valence-corrected chi connectivity index (χ2v) is 7.14. The lowest BCUT2D eigenvalue weighted by molar-refractivity contribution is -0.148. The Bertz CT molecular complexity index is 280. The molecule has 27 heavy (non-hydrogen) atoms. The molecule has 0 saturated carbocycles. The van der Waals surface area contributed by atoms with Gasteiger partial charge in [0.05, 0.1) is 12.9 Å². The predicted molar refractivity (Wildman–Crippen MR) is 114 cm³/mol. The molecule has 4 nitrogen and oxygen atoms in total. The maximum atomic E-state index is 6.00. The van der Waals surface area contributed by atoms with Crippen molar-refractivity contribution in [2.75, 3.05) is 26.6 Å². The first-order valence-corrected chi connectivity index (χ1v) is 11.4. The Morgan fingerprint density at radius 1 is 0.667 bits per heavy atom. The van der Waals surface area contributed by atoms with Gasteiger partial charge in [-0.2, -0.15) is 0 Å². The SMILES string of the molecule is CCCCCCOC(CCCCC=COCOCCC)OCCCCCC. The van der Waals surface area contributed by atoms with Gasteiger partial charge in [0.25, 0.3) is 0 Å². The number of allylic oxidation sites excluding steroid dienone is 1. The Morgan fingerprint density at radius 2 is 1.33 bits per heavy atom. The fourth-order valence-electron chi connectivity index (χ4n) is 2.70. The molecule has 0 aromatic carbocycles. The molecule has 0 aromatic rings. The molecule has 0 aliphatic heterocycles. The molecule has 0 aromatic heterocycles. The van der Waals surface area contributed by atoms with Gasteiger partial charge in [0.15, 0.2) is 13.1 Å². The minimum Gasteiger partial charge on any atom is -0.475 e. The number of hydrogen-bond donors (Lipinski definition) is 0. The van der Waals surface area contributed by atoms with Crippen LogP contribution >= 0.6 is 0 Å². The molecule has 0 aliphatic rings. The maximum Gasteiger partial charge on any atom is 0.188 e. The Kier molecular flexibility index (Phi) is 23.0. The van der Waals surface area contributed by atoms with E-state index in [9.17, 15) is 0 Å². The van der Waals surface area contributed by atoms with Crippen molar-refractivity contribution in [2.45, 2.75) is 111 Å². The lowest BCUT2D eigenvalue weighted by atomic mass is 10.2. The van der Waals surface area contributed by atoms with E-state index in [1.165, 1.54) is 38.5 Å². The van der Waals surface area contributed by atoms with Gasteiger partial charge in [-0.15, -0.1) is 0 Å². The lowest BCUT2D eigenvalue weighted by Crippen LogP contribution is -2.19. The third-order valence-corrected chi connectivity index (χ3v) is 4.36. The summed E-state index contributed by atoms with van der Waals surface area (Å²) in [5, 5.41) is 0. The highest BCUT2D eigenvalue weighted by Crippen LogP contribution is 2.12. The fraction of sp³-hybridized carbons (Fsp3) is 0.913. The highest BCUT2D eigenvalue weighted by atomic mass is 16.7. The molecule has 0 unspecified atom stereocenters. The second kappa shape index (κ2) is 23.5. The van der Waals surface area contributed by atoms with Gasteiger partial charge in [-0.25, -0.2) is 0 Å². The summed E-state index contributed by atoms with van der Waals surface area (Å²) in [7, 11) is 0. The Balaban J connectivity index is 3.78. The van der Waals surface area contributed by atoms with Gasteiger partial charge in [-0.3, -0.25) is 0 Å². The molecular weight excluding hydrogens is 340 g/mol. The summed E-state index contributed by atoms with van der Waals surface area (Å²) in [6, 6.07) is 0. The van der Waals surface area contributed by atoms with Crippen LogP contribution in [-0.4, -0.2) is 32.9 Å². The van der Waals surface area contributed by atoms with Crippen LogP contribution in [0.1, 0.15) is 104 Å². The minimum atomic E-state index is -0.0315. The number of ether oxygens (including phenoxy) is 4. The monoisotopic (exact) mass is 386 g/mol. The molecule has 0 spiro atoms. The van der Waals surface area contributed by atoms with Gasteiger partial charge < -0.3 is 18.9 Å². The molecule has 0 bridgehead atoms. The van der Waals surface area contributed by atoms with Crippen molar-refractivity contribution in [1.82, 2.24) is 0 Å². The molecule has 0 saturated heterocycles.